The highest BCUT2D eigenvalue weighted by molar-refractivity contribution is 4.89. The normalized spacial score (nSPS) is 48.0. The van der Waals surface area contributed by atoms with E-state index in [0.29, 0.717) is 0 Å². The summed E-state index contributed by atoms with van der Waals surface area (Å²) in [5.41, 5.74) is 0. The summed E-state index contributed by atoms with van der Waals surface area (Å²) in [6, 6.07) is 0.931. The van der Waals surface area contributed by atoms with E-state index in [4.69, 9.17) is 0 Å². The fourth-order valence-corrected chi connectivity index (χ4v) is 2.62. The van der Waals surface area contributed by atoms with Gasteiger partial charge in [-0.3, -0.25) is 0 Å². The smallest absolute Gasteiger partial charge is 0.00950 e. The van der Waals surface area contributed by atoms with Crippen molar-refractivity contribution in [2.24, 2.45) is 11.8 Å². The fourth-order valence-electron chi connectivity index (χ4n) is 2.62. The van der Waals surface area contributed by atoms with Crippen molar-refractivity contribution in [2.45, 2.75) is 32.2 Å². The molecule has 1 saturated carbocycles. The molecule has 58 valence electrons. The summed E-state index contributed by atoms with van der Waals surface area (Å²) in [5.74, 6) is 2.03. The Morgan fingerprint density at radius 3 is 2.40 bits per heavy atom. The first-order valence-corrected chi connectivity index (χ1v) is 4.47. The van der Waals surface area contributed by atoms with Crippen molar-refractivity contribution in [3.05, 3.63) is 0 Å². The van der Waals surface area contributed by atoms with Crippen LogP contribution in [0.4, 0.5) is 0 Å². The molecule has 0 spiro atoms. The summed E-state index contributed by atoms with van der Waals surface area (Å²) in [6.07, 6.45) is 4.42. The summed E-state index contributed by atoms with van der Waals surface area (Å²) in [7, 11) is 2.28. The maximum atomic E-state index is 2.55. The first-order chi connectivity index (χ1) is 4.77. The first kappa shape index (κ1) is 6.66. The molecular weight excluding hydrogens is 122 g/mol. The van der Waals surface area contributed by atoms with Gasteiger partial charge in [0.05, 0.1) is 0 Å². The van der Waals surface area contributed by atoms with Crippen molar-refractivity contribution in [2.75, 3.05) is 13.6 Å². The molecule has 0 amide bonds. The molecule has 1 heteroatoms. The lowest BCUT2D eigenvalue weighted by molar-refractivity contribution is 0.0310. The van der Waals surface area contributed by atoms with Crippen LogP contribution in [0.5, 0.6) is 0 Å². The van der Waals surface area contributed by atoms with Crippen LogP contribution in [0, 0.1) is 11.8 Å². The molecule has 10 heavy (non-hydrogen) atoms. The maximum absolute atomic E-state index is 2.55. The van der Waals surface area contributed by atoms with E-state index in [1.807, 2.05) is 0 Å². The van der Waals surface area contributed by atoms with E-state index >= 15 is 0 Å². The van der Waals surface area contributed by atoms with Gasteiger partial charge in [0.2, 0.25) is 0 Å². The van der Waals surface area contributed by atoms with Gasteiger partial charge in [-0.05, 0) is 38.1 Å². The number of fused-ring (bicyclic) bond motifs is 3. The standard InChI is InChI=1S/C9H17N/c1-7-5-9-4-3-8(7)6-10(9)2/h7-9H,3-6H2,1-2H3/t7?,8-,9-/m1/s1. The van der Waals surface area contributed by atoms with Crippen molar-refractivity contribution in [1.82, 2.24) is 4.90 Å². The molecule has 3 atom stereocenters. The zero-order valence-corrected chi connectivity index (χ0v) is 7.01. The maximum Gasteiger partial charge on any atom is 0.00950 e. The highest BCUT2D eigenvalue weighted by Gasteiger charge is 2.35. The van der Waals surface area contributed by atoms with Gasteiger partial charge in [0.1, 0.15) is 0 Å². The molecule has 2 saturated heterocycles. The van der Waals surface area contributed by atoms with Crippen LogP contribution in [-0.4, -0.2) is 24.5 Å². The van der Waals surface area contributed by atoms with Crippen LogP contribution in [0.2, 0.25) is 0 Å². The van der Waals surface area contributed by atoms with E-state index in [0.717, 1.165) is 17.9 Å². The largest absolute Gasteiger partial charge is 0.303 e. The molecule has 2 bridgehead atoms. The van der Waals surface area contributed by atoms with Crippen molar-refractivity contribution < 1.29 is 0 Å². The van der Waals surface area contributed by atoms with Crippen molar-refractivity contribution in [1.29, 1.82) is 0 Å². The molecule has 0 aromatic rings. The Bertz CT molecular complexity index is 117. The topological polar surface area (TPSA) is 3.24 Å². The predicted octanol–water partition coefficient (Wildman–Crippen LogP) is 1.74. The third-order valence-corrected chi connectivity index (χ3v) is 3.47. The quantitative estimate of drug-likeness (QED) is 0.494. The van der Waals surface area contributed by atoms with Crippen molar-refractivity contribution >= 4 is 0 Å². The van der Waals surface area contributed by atoms with Crippen LogP contribution < -0.4 is 0 Å². The average Bonchev–Trinajstić information content (AvgIpc) is 1.91. The summed E-state index contributed by atoms with van der Waals surface area (Å²) < 4.78 is 0. The van der Waals surface area contributed by atoms with E-state index in [1.165, 1.54) is 25.8 Å². The van der Waals surface area contributed by atoms with E-state index in [1.54, 1.807) is 0 Å². The molecule has 1 nitrogen and oxygen atoms in total. The molecule has 3 rings (SSSR count). The molecule has 0 aromatic heterocycles. The monoisotopic (exact) mass is 139 g/mol. The van der Waals surface area contributed by atoms with Gasteiger partial charge in [-0.1, -0.05) is 6.92 Å². The molecule has 0 N–H and O–H groups in total. The second-order valence-electron chi connectivity index (χ2n) is 4.14. The minimum Gasteiger partial charge on any atom is -0.303 e. The molecule has 3 aliphatic rings. The summed E-state index contributed by atoms with van der Waals surface area (Å²) in [6.45, 7) is 3.79. The molecule has 2 heterocycles. The number of nitrogens with zero attached hydrogens (tertiary/aromatic N) is 1. The Morgan fingerprint density at radius 2 is 2.10 bits per heavy atom. The molecule has 2 aliphatic heterocycles. The van der Waals surface area contributed by atoms with Crippen LogP contribution >= 0.6 is 0 Å². The minimum atomic E-state index is 0.931. The van der Waals surface area contributed by atoms with E-state index in [9.17, 15) is 0 Å². The van der Waals surface area contributed by atoms with Crippen LogP contribution in [0.25, 0.3) is 0 Å². The Kier molecular flexibility index (Phi) is 1.48. The third-order valence-electron chi connectivity index (χ3n) is 3.47. The van der Waals surface area contributed by atoms with Gasteiger partial charge >= 0.3 is 0 Å². The first-order valence-electron chi connectivity index (χ1n) is 4.47. The molecule has 0 radical (unpaired) electrons. The van der Waals surface area contributed by atoms with Gasteiger partial charge in [-0.25, -0.2) is 0 Å². The van der Waals surface area contributed by atoms with Crippen molar-refractivity contribution in [3.63, 3.8) is 0 Å². The highest BCUT2D eigenvalue weighted by Crippen LogP contribution is 2.37. The van der Waals surface area contributed by atoms with Crippen LogP contribution in [-0.2, 0) is 0 Å². The van der Waals surface area contributed by atoms with Gasteiger partial charge in [0.25, 0.3) is 0 Å². The minimum absolute atomic E-state index is 0.931. The number of rotatable bonds is 0. The summed E-state index contributed by atoms with van der Waals surface area (Å²) >= 11 is 0. The predicted molar refractivity (Wildman–Crippen MR) is 42.9 cm³/mol. The van der Waals surface area contributed by atoms with Gasteiger partial charge < -0.3 is 4.90 Å². The van der Waals surface area contributed by atoms with Gasteiger partial charge in [0, 0.05) is 12.6 Å². The van der Waals surface area contributed by atoms with Crippen molar-refractivity contribution in [3.8, 4) is 0 Å². The van der Waals surface area contributed by atoms with Gasteiger partial charge in [-0.15, -0.1) is 0 Å². The lowest BCUT2D eigenvalue weighted by atomic mass is 9.73. The second-order valence-corrected chi connectivity index (χ2v) is 4.14. The number of piperidine rings is 2. The van der Waals surface area contributed by atoms with E-state index in [-0.39, 0.29) is 0 Å². The Morgan fingerprint density at radius 1 is 1.30 bits per heavy atom. The summed E-state index contributed by atoms with van der Waals surface area (Å²) in [5, 5.41) is 0. The SMILES string of the molecule is CC1C[C@H]2CC[C@@H]1CN2C. The zero-order chi connectivity index (χ0) is 7.14. The van der Waals surface area contributed by atoms with E-state index < -0.39 is 0 Å². The molecule has 3 fully saturated rings. The molecule has 0 aromatic carbocycles. The zero-order valence-electron chi connectivity index (χ0n) is 7.01. The fraction of sp³-hybridized carbons (Fsp3) is 1.00. The van der Waals surface area contributed by atoms with Gasteiger partial charge in [-0.2, -0.15) is 0 Å². The highest BCUT2D eigenvalue weighted by atomic mass is 15.1. The Labute approximate surface area is 63.4 Å². The average molecular weight is 139 g/mol. The van der Waals surface area contributed by atoms with Gasteiger partial charge in [0.15, 0.2) is 0 Å². The molecule has 1 aliphatic carbocycles. The van der Waals surface area contributed by atoms with Crippen LogP contribution in [0.15, 0.2) is 0 Å². The molecular formula is C9H17N. The second kappa shape index (κ2) is 2.23. The number of hydrogen-bond donors (Lipinski definition) is 0. The van der Waals surface area contributed by atoms with Crippen LogP contribution in [0.1, 0.15) is 26.2 Å². The van der Waals surface area contributed by atoms with Crippen LogP contribution in [0.3, 0.4) is 0 Å². The third kappa shape index (κ3) is 0.878. The lowest BCUT2D eigenvalue weighted by Gasteiger charge is -2.47. The van der Waals surface area contributed by atoms with E-state index in [2.05, 4.69) is 18.9 Å². The number of hydrogen-bond acceptors (Lipinski definition) is 1. The molecule has 1 unspecified atom stereocenters. The lowest BCUT2D eigenvalue weighted by Crippen LogP contribution is -2.49. The Hall–Kier alpha value is -0.0400. The summed E-state index contributed by atoms with van der Waals surface area (Å²) in [4.78, 5) is 2.55. The Balaban J connectivity index is 2.09.